The third-order valence-corrected chi connectivity index (χ3v) is 10.2. The van der Waals surface area contributed by atoms with Gasteiger partial charge in [-0.1, -0.05) is 43.0 Å². The summed E-state index contributed by atoms with van der Waals surface area (Å²) in [6.07, 6.45) is 18.1. The van der Waals surface area contributed by atoms with E-state index in [1.54, 1.807) is 0 Å². The molecular formula is C37H58N10O3. The summed E-state index contributed by atoms with van der Waals surface area (Å²) < 4.78 is 1.91. The largest absolute Gasteiger partial charge is 0.480 e. The first kappa shape index (κ1) is 37.6. The molecule has 3 aromatic rings. The van der Waals surface area contributed by atoms with Crippen LogP contribution in [0, 0.1) is 5.92 Å². The maximum atomic E-state index is 12.2. The Bertz CT molecular complexity index is 1470. The molecule has 5 rings (SSSR count). The minimum Gasteiger partial charge on any atom is -0.480 e. The van der Waals surface area contributed by atoms with Gasteiger partial charge in [0.15, 0.2) is 0 Å². The molecule has 0 unspecified atom stereocenters. The molecule has 2 heterocycles. The normalized spacial score (nSPS) is 19.0. The number of hydrogen-bond acceptors (Lipinski definition) is 11. The number of aliphatic carboxylic acids is 1. The average Bonchev–Trinajstić information content (AvgIpc) is 3.59. The number of carboxylic acid groups (broad SMARTS) is 1. The van der Waals surface area contributed by atoms with Gasteiger partial charge < -0.3 is 32.1 Å². The van der Waals surface area contributed by atoms with Crippen molar-refractivity contribution < 1.29 is 14.7 Å². The smallest absolute Gasteiger partial charge is 0.320 e. The van der Waals surface area contributed by atoms with Gasteiger partial charge in [0.2, 0.25) is 5.95 Å². The lowest BCUT2D eigenvalue weighted by Crippen LogP contribution is -2.33. The Hall–Kier alpha value is -3.68. The number of nitrogens with zero attached hydrogens (tertiary/aromatic N) is 5. The fourth-order valence-corrected chi connectivity index (χ4v) is 7.22. The van der Waals surface area contributed by atoms with Crippen LogP contribution in [0.5, 0.6) is 0 Å². The number of aromatic nitrogens is 5. The Morgan fingerprint density at radius 3 is 2.54 bits per heavy atom. The minimum absolute atomic E-state index is 0.105. The van der Waals surface area contributed by atoms with Crippen LogP contribution in [0.4, 0.5) is 11.8 Å². The van der Waals surface area contributed by atoms with Crippen LogP contribution in [-0.2, 0) is 22.7 Å². The molecule has 2 aromatic heterocycles. The zero-order valence-electron chi connectivity index (χ0n) is 29.6. The van der Waals surface area contributed by atoms with Gasteiger partial charge in [-0.2, -0.15) is 4.98 Å². The molecular weight excluding hydrogens is 632 g/mol. The molecule has 0 bridgehead atoms. The van der Waals surface area contributed by atoms with Crippen LogP contribution in [0.3, 0.4) is 0 Å². The van der Waals surface area contributed by atoms with E-state index in [0.29, 0.717) is 30.9 Å². The van der Waals surface area contributed by atoms with Crippen LogP contribution < -0.4 is 27.0 Å². The van der Waals surface area contributed by atoms with E-state index in [0.717, 1.165) is 106 Å². The fourth-order valence-electron chi connectivity index (χ4n) is 7.22. The van der Waals surface area contributed by atoms with Gasteiger partial charge in [-0.25, -0.2) is 4.98 Å². The highest BCUT2D eigenvalue weighted by Crippen LogP contribution is 2.31. The Balaban J connectivity index is 0.997. The maximum Gasteiger partial charge on any atom is 0.320 e. The van der Waals surface area contributed by atoms with Crippen LogP contribution in [-0.4, -0.2) is 79.6 Å². The number of aryl methyl sites for hydroxylation is 1. The molecule has 2 aliphatic carbocycles. The fraction of sp³-hybridized carbons (Fsp3) is 0.676. The number of carbonyl (C=O) groups excluding carboxylic acids is 1. The number of ketones is 1. The van der Waals surface area contributed by atoms with Crippen LogP contribution in [0.2, 0.25) is 0 Å². The Labute approximate surface area is 296 Å². The summed E-state index contributed by atoms with van der Waals surface area (Å²) in [6, 6.07) is 8.18. The lowest BCUT2D eigenvalue weighted by atomic mass is 9.83. The SMILES string of the molecule is N[C@@H](CCC(=O)CCCC1CCC(Nc2nc(NCc3cn(CCCNCCCNC4CCCCC4)nn3)nc3ccccc23)CC1)C(=O)O. The van der Waals surface area contributed by atoms with E-state index in [1.165, 1.54) is 32.1 Å². The van der Waals surface area contributed by atoms with Crippen molar-refractivity contribution in [1.29, 1.82) is 0 Å². The van der Waals surface area contributed by atoms with E-state index < -0.39 is 12.0 Å². The molecule has 274 valence electrons. The van der Waals surface area contributed by atoms with E-state index in [9.17, 15) is 9.59 Å². The zero-order valence-corrected chi connectivity index (χ0v) is 29.6. The predicted octanol–water partition coefficient (Wildman–Crippen LogP) is 5.03. The second kappa shape index (κ2) is 20.2. The van der Waals surface area contributed by atoms with Crippen LogP contribution in [0.25, 0.3) is 10.9 Å². The summed E-state index contributed by atoms with van der Waals surface area (Å²) in [7, 11) is 0. The number of carbonyl (C=O) groups is 2. The summed E-state index contributed by atoms with van der Waals surface area (Å²) in [5.74, 6) is 1.06. The summed E-state index contributed by atoms with van der Waals surface area (Å²) in [5.41, 5.74) is 7.26. The van der Waals surface area contributed by atoms with Crippen molar-refractivity contribution in [2.75, 3.05) is 30.3 Å². The number of benzene rings is 1. The lowest BCUT2D eigenvalue weighted by Gasteiger charge is -2.29. The Morgan fingerprint density at radius 2 is 1.72 bits per heavy atom. The topological polar surface area (TPSA) is 185 Å². The van der Waals surface area contributed by atoms with Gasteiger partial charge in [0, 0.05) is 36.9 Å². The molecule has 2 aliphatic rings. The molecule has 13 nitrogen and oxygen atoms in total. The van der Waals surface area contributed by atoms with Gasteiger partial charge in [0.25, 0.3) is 0 Å². The summed E-state index contributed by atoms with van der Waals surface area (Å²) in [5, 5.41) is 32.9. The quantitative estimate of drug-likeness (QED) is 0.0774. The number of rotatable bonds is 22. The van der Waals surface area contributed by atoms with E-state index in [2.05, 4.69) is 37.6 Å². The highest BCUT2D eigenvalue weighted by atomic mass is 16.4. The lowest BCUT2D eigenvalue weighted by molar-refractivity contribution is -0.138. The molecule has 0 saturated heterocycles. The summed E-state index contributed by atoms with van der Waals surface area (Å²) in [4.78, 5) is 32.7. The maximum absolute atomic E-state index is 12.2. The standard InChI is InChI=1S/C37H58N10O3/c38-33(36(49)50)20-19-31(48)12-6-9-27-15-17-29(18-16-27)42-35-32-13-4-5-14-34(32)43-37(44-35)41-25-30-26-47(46-45-30)24-8-22-39-21-7-23-40-28-10-2-1-3-11-28/h4-5,13-14,26-29,33,39-40H,1-3,6-12,15-25,38H2,(H,49,50)(H2,41,42,43,44)/t27?,29?,33-/m0/s1. The first-order valence-electron chi connectivity index (χ1n) is 19.0. The van der Waals surface area contributed by atoms with E-state index in [1.807, 2.05) is 29.1 Å². The Kier molecular flexibility index (Phi) is 15.2. The average molecular weight is 691 g/mol. The van der Waals surface area contributed by atoms with Crippen molar-refractivity contribution in [3.8, 4) is 0 Å². The highest BCUT2D eigenvalue weighted by molar-refractivity contribution is 5.90. The van der Waals surface area contributed by atoms with Crippen molar-refractivity contribution in [2.45, 2.75) is 134 Å². The summed E-state index contributed by atoms with van der Waals surface area (Å²) in [6.45, 7) is 4.42. The first-order valence-corrected chi connectivity index (χ1v) is 19.0. The van der Waals surface area contributed by atoms with Crippen molar-refractivity contribution in [1.82, 2.24) is 35.6 Å². The van der Waals surface area contributed by atoms with Crippen LogP contribution >= 0.6 is 0 Å². The van der Waals surface area contributed by atoms with Crippen LogP contribution in [0.1, 0.15) is 108 Å². The van der Waals surface area contributed by atoms with E-state index in [4.69, 9.17) is 20.8 Å². The van der Waals surface area contributed by atoms with Crippen LogP contribution in [0.15, 0.2) is 30.5 Å². The van der Waals surface area contributed by atoms with E-state index >= 15 is 0 Å². The number of anilines is 2. The monoisotopic (exact) mass is 690 g/mol. The molecule has 1 atom stereocenters. The molecule has 0 aliphatic heterocycles. The number of para-hydroxylation sites is 1. The number of nitrogens with two attached hydrogens (primary N) is 1. The number of fused-ring (bicyclic) bond motifs is 1. The van der Waals surface area contributed by atoms with Gasteiger partial charge in [-0.15, -0.1) is 5.10 Å². The van der Waals surface area contributed by atoms with Crippen molar-refractivity contribution >= 4 is 34.4 Å². The molecule has 0 radical (unpaired) electrons. The summed E-state index contributed by atoms with van der Waals surface area (Å²) >= 11 is 0. The van der Waals surface area contributed by atoms with Gasteiger partial charge in [-0.3, -0.25) is 14.3 Å². The highest BCUT2D eigenvalue weighted by Gasteiger charge is 2.23. The molecule has 13 heteroatoms. The van der Waals surface area contributed by atoms with Gasteiger partial charge in [-0.05, 0) is 102 Å². The second-order valence-electron chi connectivity index (χ2n) is 14.3. The van der Waals surface area contributed by atoms with Crippen molar-refractivity contribution in [3.05, 3.63) is 36.2 Å². The molecule has 0 spiro atoms. The third kappa shape index (κ3) is 12.6. The number of carboxylic acids is 1. The predicted molar refractivity (Wildman–Crippen MR) is 197 cm³/mol. The molecule has 50 heavy (non-hydrogen) atoms. The third-order valence-electron chi connectivity index (χ3n) is 10.2. The Morgan fingerprint density at radius 1 is 0.920 bits per heavy atom. The van der Waals surface area contributed by atoms with Gasteiger partial charge in [0.1, 0.15) is 23.3 Å². The molecule has 0 amide bonds. The molecule has 7 N–H and O–H groups in total. The number of Topliss-reactive ketones (excluding diaryl/α,β-unsaturated/α-hetero) is 1. The van der Waals surface area contributed by atoms with Gasteiger partial charge in [0.05, 0.1) is 18.3 Å². The molecule has 2 fully saturated rings. The number of nitrogens with one attached hydrogen (secondary N) is 4. The minimum atomic E-state index is -1.05. The molecule has 1 aromatic carbocycles. The first-order chi connectivity index (χ1) is 24.4. The van der Waals surface area contributed by atoms with Crippen molar-refractivity contribution in [3.63, 3.8) is 0 Å². The van der Waals surface area contributed by atoms with E-state index in [-0.39, 0.29) is 18.6 Å². The zero-order chi connectivity index (χ0) is 35.0. The van der Waals surface area contributed by atoms with Gasteiger partial charge >= 0.3 is 5.97 Å². The molecule has 2 saturated carbocycles. The van der Waals surface area contributed by atoms with Crippen molar-refractivity contribution in [2.24, 2.45) is 11.7 Å². The second-order valence-corrected chi connectivity index (χ2v) is 14.3. The number of hydrogen-bond donors (Lipinski definition) is 6.